The predicted molar refractivity (Wildman–Crippen MR) is 134 cm³/mol. The number of hydrogen-bond donors (Lipinski definition) is 11. The summed E-state index contributed by atoms with van der Waals surface area (Å²) in [6.07, 6.45) is -32.8. The van der Waals surface area contributed by atoms with E-state index in [2.05, 4.69) is 0 Å². The fraction of sp³-hybridized carbons (Fsp3) is 1.00. The van der Waals surface area contributed by atoms with Gasteiger partial charge in [0.25, 0.3) is 0 Å². The van der Waals surface area contributed by atoms with Crippen LogP contribution in [0.1, 0.15) is 13.3 Å². The first-order valence-electron chi connectivity index (χ1n) is 14.4. The highest BCUT2D eigenvalue weighted by Gasteiger charge is 2.54. The molecular weight excluding hydrogens is 604 g/mol. The Balaban J connectivity index is 1.47. The molecule has 5 heterocycles. The minimum absolute atomic E-state index is 0.200. The third-order valence-corrected chi connectivity index (χ3v) is 8.64. The lowest BCUT2D eigenvalue weighted by molar-refractivity contribution is -0.383. The van der Waals surface area contributed by atoms with Crippen molar-refractivity contribution in [1.82, 2.24) is 0 Å². The zero-order valence-electron chi connectivity index (χ0n) is 23.6. The van der Waals surface area contributed by atoms with Crippen molar-refractivity contribution < 1.29 is 94.1 Å². The van der Waals surface area contributed by atoms with Gasteiger partial charge >= 0.3 is 0 Å². The van der Waals surface area contributed by atoms with Crippen LogP contribution in [0.25, 0.3) is 0 Å². The third-order valence-electron chi connectivity index (χ3n) is 8.64. The van der Waals surface area contributed by atoms with E-state index in [0.717, 1.165) is 0 Å². The van der Waals surface area contributed by atoms with E-state index in [4.69, 9.17) is 37.9 Å². The summed E-state index contributed by atoms with van der Waals surface area (Å²) in [7, 11) is 0. The van der Waals surface area contributed by atoms with Gasteiger partial charge in [-0.3, -0.25) is 0 Å². The van der Waals surface area contributed by atoms with Gasteiger partial charge < -0.3 is 94.1 Å². The van der Waals surface area contributed by atoms with Crippen molar-refractivity contribution in [2.24, 2.45) is 0 Å². The molecule has 5 aliphatic heterocycles. The largest absolute Gasteiger partial charge is 0.394 e. The fourth-order valence-corrected chi connectivity index (χ4v) is 5.91. The highest BCUT2D eigenvalue weighted by Crippen LogP contribution is 2.34. The van der Waals surface area contributed by atoms with Crippen LogP contribution in [-0.2, 0) is 37.9 Å². The van der Waals surface area contributed by atoms with E-state index < -0.39 is 143 Å². The Bertz CT molecular complexity index is 860. The molecule has 5 saturated heterocycles. The van der Waals surface area contributed by atoms with E-state index in [9.17, 15) is 56.2 Å². The highest BCUT2D eigenvalue weighted by molar-refractivity contribution is 4.97. The zero-order valence-corrected chi connectivity index (χ0v) is 23.6. The van der Waals surface area contributed by atoms with E-state index in [1.165, 1.54) is 0 Å². The number of aliphatic hydroxyl groups excluding tert-OH is 11. The topological polar surface area (TPSA) is 296 Å². The molecule has 5 aliphatic rings. The second-order valence-corrected chi connectivity index (χ2v) is 11.5. The molecule has 0 spiro atoms. The van der Waals surface area contributed by atoms with Gasteiger partial charge in [0, 0.05) is 0 Å². The highest BCUT2D eigenvalue weighted by atomic mass is 16.8. The Hall–Kier alpha value is -0.760. The molecule has 5 fully saturated rings. The molecule has 0 amide bonds. The molecule has 11 N–H and O–H groups in total. The second kappa shape index (κ2) is 14.2. The quantitative estimate of drug-likeness (QED) is 0.133. The normalized spacial score (nSPS) is 55.9. The van der Waals surface area contributed by atoms with Crippen LogP contribution in [0.4, 0.5) is 0 Å². The Kier molecular flexibility index (Phi) is 11.1. The number of fused-ring (bicyclic) bond motifs is 8. The molecule has 11 unspecified atom stereocenters. The van der Waals surface area contributed by atoms with Crippen LogP contribution in [0, 0.1) is 0 Å². The minimum Gasteiger partial charge on any atom is -0.394 e. The Labute approximate surface area is 250 Å². The summed E-state index contributed by atoms with van der Waals surface area (Å²) in [6.45, 7) is -0.347. The smallest absolute Gasteiger partial charge is 0.187 e. The van der Waals surface area contributed by atoms with Crippen LogP contribution in [0.15, 0.2) is 0 Å². The predicted octanol–water partition coefficient (Wildman–Crippen LogP) is -7.29. The first-order chi connectivity index (χ1) is 20.9. The summed E-state index contributed by atoms with van der Waals surface area (Å²) in [5.41, 5.74) is 0. The lowest BCUT2D eigenvalue weighted by atomic mass is 9.95. The molecule has 8 bridgehead atoms. The molecule has 5 rings (SSSR count). The van der Waals surface area contributed by atoms with Gasteiger partial charge in [0.15, 0.2) is 25.2 Å². The molecule has 256 valence electrons. The van der Waals surface area contributed by atoms with Gasteiger partial charge in [0.05, 0.1) is 25.9 Å². The average molecular weight is 647 g/mol. The molecule has 0 saturated carbocycles. The third kappa shape index (κ3) is 6.52. The van der Waals surface area contributed by atoms with Gasteiger partial charge in [-0.15, -0.1) is 0 Å². The van der Waals surface area contributed by atoms with Crippen LogP contribution in [0.2, 0.25) is 0 Å². The SMILES string of the molecule is CCC1OC2OCC3OC(O[C@H]4C(O)[C@@H](OCC5OC(O[C@@H](C2O)[C@@H]1O)C(O)[C@@H](O)[C@H]5O)OC(CO)[C@H]4O)C(O)[C@@H](O)[C@H]3O. The number of ether oxygens (including phenoxy) is 8. The van der Waals surface area contributed by atoms with E-state index in [1.807, 2.05) is 0 Å². The summed E-state index contributed by atoms with van der Waals surface area (Å²) in [6, 6.07) is 0. The Morgan fingerprint density at radius 3 is 1.25 bits per heavy atom. The number of rotatable bonds is 2. The number of aliphatic hydroxyl groups is 11. The van der Waals surface area contributed by atoms with Gasteiger partial charge in [-0.1, -0.05) is 6.92 Å². The van der Waals surface area contributed by atoms with Gasteiger partial charge in [-0.05, 0) is 6.42 Å². The van der Waals surface area contributed by atoms with Crippen LogP contribution >= 0.6 is 0 Å². The van der Waals surface area contributed by atoms with Crippen LogP contribution < -0.4 is 0 Å². The maximum Gasteiger partial charge on any atom is 0.187 e. The Morgan fingerprint density at radius 1 is 0.432 bits per heavy atom. The molecule has 0 aromatic carbocycles. The number of hydrogen-bond acceptors (Lipinski definition) is 19. The molecule has 0 radical (unpaired) electrons. The van der Waals surface area contributed by atoms with Crippen molar-refractivity contribution in [3.05, 3.63) is 0 Å². The van der Waals surface area contributed by atoms with E-state index in [1.54, 1.807) is 6.92 Å². The molecule has 0 aromatic heterocycles. The monoisotopic (exact) mass is 646 g/mol. The van der Waals surface area contributed by atoms with E-state index in [0.29, 0.717) is 0 Å². The van der Waals surface area contributed by atoms with Gasteiger partial charge in [-0.2, -0.15) is 0 Å². The van der Waals surface area contributed by atoms with Crippen molar-refractivity contribution in [2.75, 3.05) is 19.8 Å². The zero-order chi connectivity index (χ0) is 32.0. The van der Waals surface area contributed by atoms with E-state index >= 15 is 0 Å². The van der Waals surface area contributed by atoms with Crippen molar-refractivity contribution in [2.45, 2.75) is 136 Å². The van der Waals surface area contributed by atoms with Gasteiger partial charge in [-0.25, -0.2) is 0 Å². The second-order valence-electron chi connectivity index (χ2n) is 11.5. The molecule has 20 atom stereocenters. The lowest BCUT2D eigenvalue weighted by Crippen LogP contribution is -2.66. The average Bonchev–Trinajstić information content (AvgIpc) is 3.01. The fourth-order valence-electron chi connectivity index (χ4n) is 5.91. The minimum atomic E-state index is -1.90. The molecular formula is C25H42O19. The molecule has 19 nitrogen and oxygen atoms in total. The summed E-state index contributed by atoms with van der Waals surface area (Å²) in [4.78, 5) is 0. The first kappa shape index (κ1) is 34.6. The summed E-state index contributed by atoms with van der Waals surface area (Å²) in [5.74, 6) is 0. The van der Waals surface area contributed by atoms with E-state index in [-0.39, 0.29) is 6.42 Å². The first-order valence-corrected chi connectivity index (χ1v) is 14.4. The summed E-state index contributed by atoms with van der Waals surface area (Å²) < 4.78 is 45.0. The van der Waals surface area contributed by atoms with Gasteiger partial charge in [0.1, 0.15) is 91.6 Å². The van der Waals surface area contributed by atoms with Crippen LogP contribution in [0.5, 0.6) is 0 Å². The summed E-state index contributed by atoms with van der Waals surface area (Å²) in [5, 5.41) is 117. The molecule has 19 heteroatoms. The van der Waals surface area contributed by atoms with Crippen molar-refractivity contribution >= 4 is 0 Å². The van der Waals surface area contributed by atoms with Crippen LogP contribution in [-0.4, -0.2) is 199 Å². The maximum atomic E-state index is 11.0. The summed E-state index contributed by atoms with van der Waals surface area (Å²) >= 11 is 0. The van der Waals surface area contributed by atoms with Crippen molar-refractivity contribution in [3.8, 4) is 0 Å². The molecule has 0 aromatic rings. The van der Waals surface area contributed by atoms with Crippen molar-refractivity contribution in [3.63, 3.8) is 0 Å². The lowest BCUT2D eigenvalue weighted by Gasteiger charge is -2.48. The molecule has 44 heavy (non-hydrogen) atoms. The van der Waals surface area contributed by atoms with Crippen LogP contribution in [0.3, 0.4) is 0 Å². The van der Waals surface area contributed by atoms with Gasteiger partial charge in [0.2, 0.25) is 0 Å². The van der Waals surface area contributed by atoms with Crippen molar-refractivity contribution in [1.29, 1.82) is 0 Å². The standard InChI is InChI=1S/C25H42O19/c1-2-6-12(29)20-18(35)22(39-6)37-4-8-10(27)15(32)17(34)25(42-8)44-21-13(30)7(3-26)40-23(19(21)36)38-5-9-11(28)14(31)16(33)24(41-9)43-20/h6-36H,2-5H2,1H3/t6?,7?,8?,9?,10-,11-,12+,13+,14-,15-,16?,17?,18?,19?,20+,21+,22?,23-,24?,25?/m0/s1. The molecule has 0 aliphatic carbocycles. The Morgan fingerprint density at radius 2 is 0.841 bits per heavy atom. The maximum absolute atomic E-state index is 11.0.